The van der Waals surface area contributed by atoms with Crippen molar-refractivity contribution < 1.29 is 18.3 Å². The molecule has 1 saturated carbocycles. The molecule has 0 aliphatic heterocycles. The number of sulfonamides is 1. The number of nitrogens with zero attached hydrogens (tertiary/aromatic N) is 1. The van der Waals surface area contributed by atoms with E-state index in [-0.39, 0.29) is 10.9 Å². The number of aromatic nitrogens is 1. The molecule has 0 bridgehead atoms. The third-order valence-corrected chi connectivity index (χ3v) is 5.01. The van der Waals surface area contributed by atoms with Crippen LogP contribution in [0.15, 0.2) is 27.8 Å². The lowest BCUT2D eigenvalue weighted by Crippen LogP contribution is -2.33. The molecule has 19 heavy (non-hydrogen) atoms. The van der Waals surface area contributed by atoms with Gasteiger partial charge in [-0.25, -0.2) is 13.1 Å². The average Bonchev–Trinajstić information content (AvgIpc) is 2.77. The fraction of sp³-hybridized carbons (Fsp3) is 0.455. The number of pyridine rings is 1. The van der Waals surface area contributed by atoms with E-state index in [9.17, 15) is 13.2 Å². The van der Waals surface area contributed by atoms with Gasteiger partial charge in [-0.3, -0.25) is 9.78 Å². The van der Waals surface area contributed by atoms with Crippen molar-refractivity contribution in [2.45, 2.75) is 30.2 Å². The number of halogens is 1. The summed E-state index contributed by atoms with van der Waals surface area (Å²) in [7, 11) is -3.65. The third-order valence-electron chi connectivity index (χ3n) is 3.09. The third kappa shape index (κ3) is 3.52. The fourth-order valence-corrected chi connectivity index (χ4v) is 3.93. The van der Waals surface area contributed by atoms with Crippen LogP contribution in [0, 0.1) is 5.92 Å². The van der Waals surface area contributed by atoms with E-state index in [1.165, 1.54) is 18.5 Å². The van der Waals surface area contributed by atoms with E-state index in [1.54, 1.807) is 0 Å². The number of carbonyl (C=O) groups is 1. The molecule has 2 atom stereocenters. The van der Waals surface area contributed by atoms with Crippen LogP contribution in [0.1, 0.15) is 19.3 Å². The van der Waals surface area contributed by atoms with E-state index < -0.39 is 21.9 Å². The molecule has 1 heterocycles. The zero-order valence-corrected chi connectivity index (χ0v) is 12.3. The first-order valence-electron chi connectivity index (χ1n) is 5.74. The summed E-state index contributed by atoms with van der Waals surface area (Å²) >= 11 is 3.16. The van der Waals surface area contributed by atoms with Crippen molar-refractivity contribution in [3.05, 3.63) is 22.9 Å². The van der Waals surface area contributed by atoms with E-state index in [2.05, 4.69) is 25.6 Å². The normalized spacial score (nSPS) is 23.4. The van der Waals surface area contributed by atoms with Gasteiger partial charge in [0.15, 0.2) is 0 Å². The van der Waals surface area contributed by atoms with Crippen molar-refractivity contribution in [3.63, 3.8) is 0 Å². The van der Waals surface area contributed by atoms with Crippen LogP contribution in [0.5, 0.6) is 0 Å². The van der Waals surface area contributed by atoms with Crippen molar-refractivity contribution in [3.8, 4) is 0 Å². The van der Waals surface area contributed by atoms with Crippen LogP contribution in [-0.4, -0.2) is 30.5 Å². The Bertz CT molecular complexity index is 590. The summed E-state index contributed by atoms with van der Waals surface area (Å²) < 4.78 is 27.3. The molecule has 1 aliphatic rings. The van der Waals surface area contributed by atoms with Crippen molar-refractivity contribution >= 4 is 31.9 Å². The quantitative estimate of drug-likeness (QED) is 0.856. The Balaban J connectivity index is 2.09. The van der Waals surface area contributed by atoms with Crippen molar-refractivity contribution in [1.29, 1.82) is 0 Å². The molecule has 0 spiro atoms. The predicted octanol–water partition coefficient (Wildman–Crippen LogP) is 1.38. The summed E-state index contributed by atoms with van der Waals surface area (Å²) in [5.41, 5.74) is 0. The first kappa shape index (κ1) is 14.4. The molecular weight excluding hydrogens is 336 g/mol. The highest BCUT2D eigenvalue weighted by Crippen LogP contribution is 2.27. The Labute approximate surface area is 119 Å². The molecule has 0 unspecified atom stereocenters. The Morgan fingerprint density at radius 3 is 2.74 bits per heavy atom. The molecule has 1 fully saturated rings. The lowest BCUT2D eigenvalue weighted by molar-refractivity contribution is -0.141. The zero-order valence-electron chi connectivity index (χ0n) is 9.91. The van der Waals surface area contributed by atoms with Gasteiger partial charge < -0.3 is 5.11 Å². The molecule has 0 aromatic carbocycles. The number of carboxylic acid groups (broad SMARTS) is 1. The smallest absolute Gasteiger partial charge is 0.306 e. The predicted molar refractivity (Wildman–Crippen MR) is 71.0 cm³/mol. The lowest BCUT2D eigenvalue weighted by atomic mass is 10.1. The van der Waals surface area contributed by atoms with Gasteiger partial charge in [0.25, 0.3) is 0 Å². The second kappa shape index (κ2) is 5.56. The Morgan fingerprint density at radius 2 is 2.16 bits per heavy atom. The van der Waals surface area contributed by atoms with Crippen molar-refractivity contribution in [2.24, 2.45) is 5.92 Å². The van der Waals surface area contributed by atoms with Crippen LogP contribution in [0.2, 0.25) is 0 Å². The second-order valence-corrected chi connectivity index (χ2v) is 7.13. The van der Waals surface area contributed by atoms with Crippen LogP contribution in [0.4, 0.5) is 0 Å². The SMILES string of the molecule is O=C(O)[C@@H]1CC[C@H](NS(=O)(=O)c2cncc(Br)c2)C1. The van der Waals surface area contributed by atoms with Gasteiger partial charge in [-0.1, -0.05) is 0 Å². The van der Waals surface area contributed by atoms with E-state index in [1.807, 2.05) is 0 Å². The number of aliphatic carboxylic acids is 1. The van der Waals surface area contributed by atoms with Crippen molar-refractivity contribution in [1.82, 2.24) is 9.71 Å². The number of hydrogen-bond donors (Lipinski definition) is 2. The Morgan fingerprint density at radius 1 is 1.42 bits per heavy atom. The largest absolute Gasteiger partial charge is 0.481 e. The summed E-state index contributed by atoms with van der Waals surface area (Å²) in [5.74, 6) is -1.33. The summed E-state index contributed by atoms with van der Waals surface area (Å²) in [6.07, 6.45) is 4.12. The molecular formula is C11H13BrN2O4S. The number of hydrogen-bond acceptors (Lipinski definition) is 4. The maximum Gasteiger partial charge on any atom is 0.306 e. The Kier molecular flexibility index (Phi) is 4.22. The van der Waals surface area contributed by atoms with Gasteiger partial charge in [-0.05, 0) is 41.3 Å². The van der Waals surface area contributed by atoms with Crippen LogP contribution < -0.4 is 4.72 Å². The number of nitrogens with one attached hydrogen (secondary N) is 1. The average molecular weight is 349 g/mol. The van der Waals surface area contributed by atoms with Crippen LogP contribution >= 0.6 is 15.9 Å². The summed E-state index contributed by atoms with van der Waals surface area (Å²) in [4.78, 5) is 14.7. The molecule has 104 valence electrons. The zero-order chi connectivity index (χ0) is 14.0. The summed E-state index contributed by atoms with van der Waals surface area (Å²) in [6, 6.07) is 1.13. The molecule has 8 heteroatoms. The first-order valence-corrected chi connectivity index (χ1v) is 8.02. The standard InChI is InChI=1S/C11H13BrN2O4S/c12-8-4-10(6-13-5-8)19(17,18)14-9-2-1-7(3-9)11(15)16/h4-7,9,14H,1-3H2,(H,15,16)/t7-,9+/m1/s1. The minimum atomic E-state index is -3.65. The van der Waals surface area contributed by atoms with Crippen LogP contribution in [0.25, 0.3) is 0 Å². The highest BCUT2D eigenvalue weighted by molar-refractivity contribution is 9.10. The van der Waals surface area contributed by atoms with Crippen molar-refractivity contribution in [2.75, 3.05) is 0 Å². The first-order chi connectivity index (χ1) is 8.88. The minimum Gasteiger partial charge on any atom is -0.481 e. The topological polar surface area (TPSA) is 96.4 Å². The lowest BCUT2D eigenvalue weighted by Gasteiger charge is -2.12. The minimum absolute atomic E-state index is 0.0700. The maximum absolute atomic E-state index is 12.1. The van der Waals surface area contributed by atoms with E-state index in [0.717, 1.165) is 0 Å². The van der Waals surface area contributed by atoms with Crippen LogP contribution in [0.3, 0.4) is 0 Å². The number of carboxylic acids is 1. The van der Waals surface area contributed by atoms with E-state index >= 15 is 0 Å². The van der Waals surface area contributed by atoms with Gasteiger partial charge in [-0.2, -0.15) is 0 Å². The van der Waals surface area contributed by atoms with E-state index in [0.29, 0.717) is 23.7 Å². The van der Waals surface area contributed by atoms with Gasteiger partial charge >= 0.3 is 5.97 Å². The molecule has 1 aromatic heterocycles. The Hall–Kier alpha value is -0.990. The van der Waals surface area contributed by atoms with Gasteiger partial charge in [-0.15, -0.1) is 0 Å². The molecule has 1 aromatic rings. The van der Waals surface area contributed by atoms with Gasteiger partial charge in [0.05, 0.1) is 5.92 Å². The summed E-state index contributed by atoms with van der Waals surface area (Å²) in [5, 5.41) is 8.89. The van der Waals surface area contributed by atoms with Crippen LogP contribution in [-0.2, 0) is 14.8 Å². The van der Waals surface area contributed by atoms with Gasteiger partial charge in [0.1, 0.15) is 4.90 Å². The highest BCUT2D eigenvalue weighted by atomic mass is 79.9. The molecule has 2 N–H and O–H groups in total. The summed E-state index contributed by atoms with van der Waals surface area (Å²) in [6.45, 7) is 0. The second-order valence-electron chi connectivity index (χ2n) is 4.51. The molecule has 1 aliphatic carbocycles. The fourth-order valence-electron chi connectivity index (χ4n) is 2.14. The monoisotopic (exact) mass is 348 g/mol. The molecule has 0 saturated heterocycles. The van der Waals surface area contributed by atoms with E-state index in [4.69, 9.17) is 5.11 Å². The number of rotatable bonds is 4. The van der Waals surface area contributed by atoms with Gasteiger partial charge in [0, 0.05) is 22.9 Å². The highest BCUT2D eigenvalue weighted by Gasteiger charge is 2.32. The molecule has 0 amide bonds. The molecule has 2 rings (SSSR count). The molecule has 0 radical (unpaired) electrons. The molecule has 6 nitrogen and oxygen atoms in total. The van der Waals surface area contributed by atoms with Gasteiger partial charge in [0.2, 0.25) is 10.0 Å². The maximum atomic E-state index is 12.1.